The molecule has 6 unspecified atom stereocenters. The van der Waals surface area contributed by atoms with E-state index in [1.54, 1.807) is 12.8 Å². The molecule has 1 spiro atoms. The largest absolute Gasteiger partial charge is 0.0623 e. The van der Waals surface area contributed by atoms with Crippen LogP contribution in [0.3, 0.4) is 0 Å². The summed E-state index contributed by atoms with van der Waals surface area (Å²) in [5.41, 5.74) is 1.64. The van der Waals surface area contributed by atoms with E-state index < -0.39 is 0 Å². The molecular weight excluding hydrogens is 168 g/mol. The van der Waals surface area contributed by atoms with Gasteiger partial charge in [-0.2, -0.15) is 0 Å². The van der Waals surface area contributed by atoms with Crippen LogP contribution in [0.1, 0.15) is 53.4 Å². The number of fused-ring (bicyclic) bond motifs is 3. The molecule has 0 amide bonds. The summed E-state index contributed by atoms with van der Waals surface area (Å²) in [5.74, 6) is 4.09. The zero-order chi connectivity index (χ0) is 10.1. The van der Waals surface area contributed by atoms with E-state index in [1.807, 2.05) is 0 Å². The van der Waals surface area contributed by atoms with Gasteiger partial charge in [0.15, 0.2) is 0 Å². The van der Waals surface area contributed by atoms with Crippen LogP contribution in [0.4, 0.5) is 0 Å². The third-order valence-electron chi connectivity index (χ3n) is 6.43. The third kappa shape index (κ3) is 0.823. The Morgan fingerprint density at radius 2 is 1.71 bits per heavy atom. The van der Waals surface area contributed by atoms with E-state index in [0.29, 0.717) is 0 Å². The molecule has 0 heteroatoms. The topological polar surface area (TPSA) is 0 Å². The highest BCUT2D eigenvalue weighted by Crippen LogP contribution is 2.92. The van der Waals surface area contributed by atoms with Crippen LogP contribution in [-0.2, 0) is 0 Å². The predicted octanol–water partition coefficient (Wildman–Crippen LogP) is 4.10. The molecule has 0 heterocycles. The van der Waals surface area contributed by atoms with Crippen molar-refractivity contribution < 1.29 is 0 Å². The van der Waals surface area contributed by atoms with Gasteiger partial charge in [-0.3, -0.25) is 0 Å². The fourth-order valence-corrected chi connectivity index (χ4v) is 4.87. The van der Waals surface area contributed by atoms with Crippen molar-refractivity contribution >= 4 is 0 Å². The van der Waals surface area contributed by atoms with Crippen molar-refractivity contribution in [3.8, 4) is 0 Å². The number of rotatable bonds is 0. The highest BCUT2D eigenvalue weighted by molar-refractivity contribution is 5.33. The van der Waals surface area contributed by atoms with Gasteiger partial charge in [0.25, 0.3) is 0 Å². The molecule has 3 rings (SSSR count). The van der Waals surface area contributed by atoms with Gasteiger partial charge in [-0.05, 0) is 60.2 Å². The molecule has 0 aromatic carbocycles. The van der Waals surface area contributed by atoms with Crippen LogP contribution in [0.15, 0.2) is 0 Å². The van der Waals surface area contributed by atoms with Gasteiger partial charge in [-0.15, -0.1) is 0 Å². The number of hydrogen-bond acceptors (Lipinski definition) is 0. The second-order valence-electron chi connectivity index (χ2n) is 6.84. The van der Waals surface area contributed by atoms with Crippen LogP contribution in [0.5, 0.6) is 0 Å². The predicted molar refractivity (Wildman–Crippen MR) is 60.0 cm³/mol. The smallest absolute Gasteiger partial charge is 0.0181 e. The molecule has 0 aliphatic heterocycles. The molecule has 3 saturated carbocycles. The van der Waals surface area contributed by atoms with Gasteiger partial charge >= 0.3 is 0 Å². The minimum absolute atomic E-state index is 0.816. The van der Waals surface area contributed by atoms with Gasteiger partial charge in [-0.25, -0.2) is 0 Å². The Bertz CT molecular complexity index is 269. The quantitative estimate of drug-likeness (QED) is 0.542. The molecule has 0 saturated heterocycles. The van der Waals surface area contributed by atoms with E-state index in [0.717, 1.165) is 34.5 Å². The van der Waals surface area contributed by atoms with E-state index in [-0.39, 0.29) is 0 Å². The molecule has 0 bridgehead atoms. The van der Waals surface area contributed by atoms with Crippen molar-refractivity contribution in [2.45, 2.75) is 53.4 Å². The SMILES string of the molecule is CC1CCC2(C(C)CC1C)C1CC12C. The Labute approximate surface area is 88.5 Å². The van der Waals surface area contributed by atoms with Crippen molar-refractivity contribution in [3.63, 3.8) is 0 Å². The van der Waals surface area contributed by atoms with Crippen molar-refractivity contribution in [1.82, 2.24) is 0 Å². The van der Waals surface area contributed by atoms with Crippen molar-refractivity contribution in [1.29, 1.82) is 0 Å². The zero-order valence-electron chi connectivity index (χ0n) is 10.1. The fourth-order valence-electron chi connectivity index (χ4n) is 4.87. The Hall–Kier alpha value is 0. The molecule has 14 heavy (non-hydrogen) atoms. The molecule has 3 aliphatic carbocycles. The molecule has 0 aromatic rings. The summed E-state index contributed by atoms with van der Waals surface area (Å²) in [7, 11) is 0. The second kappa shape index (κ2) is 2.39. The lowest BCUT2D eigenvalue weighted by Gasteiger charge is -2.31. The van der Waals surface area contributed by atoms with Gasteiger partial charge in [0.1, 0.15) is 0 Å². The standard InChI is InChI=1S/C14H24/c1-9-5-6-14(11(3)7-10(9)2)12-8-13(12,14)4/h9-12H,5-8H2,1-4H3. The third-order valence-corrected chi connectivity index (χ3v) is 6.43. The van der Waals surface area contributed by atoms with Crippen molar-refractivity contribution in [3.05, 3.63) is 0 Å². The maximum Gasteiger partial charge on any atom is -0.0181 e. The molecule has 3 fully saturated rings. The molecule has 0 radical (unpaired) electrons. The van der Waals surface area contributed by atoms with Gasteiger partial charge in [0, 0.05) is 0 Å². The first-order valence-electron chi connectivity index (χ1n) is 6.52. The first-order chi connectivity index (χ1) is 6.52. The fraction of sp³-hybridized carbons (Fsp3) is 1.00. The van der Waals surface area contributed by atoms with Crippen LogP contribution in [-0.4, -0.2) is 0 Å². The van der Waals surface area contributed by atoms with E-state index in [1.165, 1.54) is 12.8 Å². The van der Waals surface area contributed by atoms with E-state index in [2.05, 4.69) is 27.7 Å². The summed E-state index contributed by atoms with van der Waals surface area (Å²) in [6.45, 7) is 10.0. The Morgan fingerprint density at radius 3 is 2.21 bits per heavy atom. The molecular formula is C14H24. The lowest BCUT2D eigenvalue weighted by Crippen LogP contribution is -2.23. The summed E-state index contributed by atoms with van der Waals surface area (Å²) >= 11 is 0. The van der Waals surface area contributed by atoms with Crippen LogP contribution in [0.25, 0.3) is 0 Å². The molecule has 6 atom stereocenters. The molecule has 0 nitrogen and oxygen atoms in total. The van der Waals surface area contributed by atoms with Crippen LogP contribution < -0.4 is 0 Å². The Balaban J connectivity index is 1.82. The summed E-state index contributed by atoms with van der Waals surface area (Å²) in [6, 6.07) is 0. The monoisotopic (exact) mass is 192 g/mol. The Morgan fingerprint density at radius 1 is 1.07 bits per heavy atom. The van der Waals surface area contributed by atoms with E-state index in [9.17, 15) is 0 Å². The highest BCUT2D eigenvalue weighted by atomic mass is 14.9. The maximum atomic E-state index is 2.55. The molecule has 3 aliphatic rings. The average molecular weight is 192 g/mol. The normalized spacial score (nSPS) is 66.0. The van der Waals surface area contributed by atoms with Gasteiger partial charge in [-0.1, -0.05) is 27.7 Å². The minimum Gasteiger partial charge on any atom is -0.0623 e. The summed E-state index contributed by atoms with van der Waals surface area (Å²) in [5, 5.41) is 0. The first-order valence-corrected chi connectivity index (χ1v) is 6.52. The van der Waals surface area contributed by atoms with Gasteiger partial charge in [0.05, 0.1) is 0 Å². The van der Waals surface area contributed by atoms with Crippen LogP contribution in [0, 0.1) is 34.5 Å². The summed E-state index contributed by atoms with van der Waals surface area (Å²) in [4.78, 5) is 0. The van der Waals surface area contributed by atoms with Gasteiger partial charge < -0.3 is 0 Å². The first kappa shape index (κ1) is 9.24. The summed E-state index contributed by atoms with van der Waals surface area (Å²) in [6.07, 6.45) is 6.09. The molecule has 0 N–H and O–H groups in total. The lowest BCUT2D eigenvalue weighted by molar-refractivity contribution is 0.179. The maximum absolute atomic E-state index is 2.55. The zero-order valence-corrected chi connectivity index (χ0v) is 10.1. The second-order valence-corrected chi connectivity index (χ2v) is 6.84. The minimum atomic E-state index is 0.816. The average Bonchev–Trinajstić information content (AvgIpc) is 2.91. The Kier molecular flexibility index (Phi) is 1.58. The van der Waals surface area contributed by atoms with Crippen LogP contribution in [0.2, 0.25) is 0 Å². The summed E-state index contributed by atoms with van der Waals surface area (Å²) < 4.78 is 0. The van der Waals surface area contributed by atoms with Gasteiger partial charge in [0.2, 0.25) is 0 Å². The molecule has 0 aromatic heterocycles. The van der Waals surface area contributed by atoms with Crippen molar-refractivity contribution in [2.24, 2.45) is 34.5 Å². The lowest BCUT2D eigenvalue weighted by atomic mass is 9.74. The van der Waals surface area contributed by atoms with E-state index >= 15 is 0 Å². The molecule has 80 valence electrons. The van der Waals surface area contributed by atoms with E-state index in [4.69, 9.17) is 0 Å². The number of hydrogen-bond donors (Lipinski definition) is 0. The van der Waals surface area contributed by atoms with Crippen molar-refractivity contribution in [2.75, 3.05) is 0 Å². The highest BCUT2D eigenvalue weighted by Gasteiger charge is 2.86. The van der Waals surface area contributed by atoms with Crippen LogP contribution >= 0.6 is 0 Å².